The summed E-state index contributed by atoms with van der Waals surface area (Å²) >= 11 is 5.94. The Balaban J connectivity index is 1.46. The molecule has 27 heavy (non-hydrogen) atoms. The van der Waals surface area contributed by atoms with E-state index in [9.17, 15) is 0 Å². The van der Waals surface area contributed by atoms with Crippen LogP contribution in [0, 0.1) is 0 Å². The molecule has 2 heterocycles. The number of hydrogen-bond acceptors (Lipinski definition) is 5. The van der Waals surface area contributed by atoms with Crippen LogP contribution in [-0.4, -0.2) is 28.2 Å². The van der Waals surface area contributed by atoms with E-state index >= 15 is 0 Å². The molecule has 1 fully saturated rings. The lowest BCUT2D eigenvalue weighted by Crippen LogP contribution is -2.22. The Bertz CT molecular complexity index is 877. The van der Waals surface area contributed by atoms with Crippen molar-refractivity contribution in [1.29, 1.82) is 0 Å². The van der Waals surface area contributed by atoms with E-state index in [4.69, 9.17) is 20.9 Å². The molecule has 1 saturated heterocycles. The number of aromatic nitrogens is 2. The number of hydrogen-bond donors (Lipinski definition) is 0. The molecule has 6 heteroatoms. The zero-order chi connectivity index (χ0) is 18.6. The Kier molecular flexibility index (Phi) is 5.41. The Morgan fingerprint density at radius 2 is 1.93 bits per heavy atom. The Hall–Kier alpha value is -2.37. The summed E-state index contributed by atoms with van der Waals surface area (Å²) in [5, 5.41) is 4.81. The molecule has 0 spiro atoms. The van der Waals surface area contributed by atoms with Gasteiger partial charge in [0.1, 0.15) is 5.75 Å². The van der Waals surface area contributed by atoms with Gasteiger partial charge >= 0.3 is 0 Å². The molecule has 5 nitrogen and oxygen atoms in total. The first kappa shape index (κ1) is 18.0. The van der Waals surface area contributed by atoms with Gasteiger partial charge in [-0.05, 0) is 68.3 Å². The first-order valence-electron chi connectivity index (χ1n) is 9.28. The number of likely N-dealkylation sites (tertiary alicyclic amines) is 1. The number of nitrogens with zero attached hydrogens (tertiary/aromatic N) is 3. The van der Waals surface area contributed by atoms with E-state index in [0.29, 0.717) is 35.9 Å². The van der Waals surface area contributed by atoms with E-state index in [1.807, 2.05) is 43.3 Å². The SMILES string of the molecule is CCOc1ccc([C@H]2CCCN2Cc2nc(-c3ccc(Cl)cc3)no2)cc1. The predicted molar refractivity (Wildman–Crippen MR) is 105 cm³/mol. The molecule has 1 aromatic heterocycles. The molecular formula is C21H22ClN3O2. The summed E-state index contributed by atoms with van der Waals surface area (Å²) in [4.78, 5) is 6.96. The number of ether oxygens (including phenoxy) is 1. The van der Waals surface area contributed by atoms with Crippen molar-refractivity contribution in [2.45, 2.75) is 32.4 Å². The summed E-state index contributed by atoms with van der Waals surface area (Å²) in [6, 6.07) is 16.2. The minimum atomic E-state index is 0.367. The summed E-state index contributed by atoms with van der Waals surface area (Å²) in [7, 11) is 0. The molecule has 0 saturated carbocycles. The monoisotopic (exact) mass is 383 g/mol. The van der Waals surface area contributed by atoms with E-state index in [1.54, 1.807) is 0 Å². The second kappa shape index (κ2) is 8.11. The van der Waals surface area contributed by atoms with Crippen LogP contribution in [-0.2, 0) is 6.54 Å². The van der Waals surface area contributed by atoms with Crippen molar-refractivity contribution < 1.29 is 9.26 Å². The lowest BCUT2D eigenvalue weighted by Gasteiger charge is -2.23. The molecule has 3 aromatic rings. The summed E-state index contributed by atoms with van der Waals surface area (Å²) in [5.41, 5.74) is 2.20. The maximum absolute atomic E-state index is 5.94. The smallest absolute Gasteiger partial charge is 0.241 e. The molecule has 0 N–H and O–H groups in total. The third-order valence-electron chi connectivity index (χ3n) is 4.85. The van der Waals surface area contributed by atoms with Crippen LogP contribution in [0.3, 0.4) is 0 Å². The van der Waals surface area contributed by atoms with Gasteiger partial charge in [-0.25, -0.2) is 0 Å². The summed E-state index contributed by atoms with van der Waals surface area (Å²) < 4.78 is 11.0. The lowest BCUT2D eigenvalue weighted by molar-refractivity contribution is 0.212. The van der Waals surface area contributed by atoms with Gasteiger partial charge in [0.2, 0.25) is 11.7 Å². The predicted octanol–water partition coefficient (Wildman–Crippen LogP) is 5.13. The van der Waals surface area contributed by atoms with Gasteiger partial charge in [-0.1, -0.05) is 28.9 Å². The molecule has 4 rings (SSSR count). The first-order chi connectivity index (χ1) is 13.2. The van der Waals surface area contributed by atoms with E-state index in [-0.39, 0.29) is 0 Å². The first-order valence-corrected chi connectivity index (χ1v) is 9.66. The van der Waals surface area contributed by atoms with E-state index in [0.717, 1.165) is 30.7 Å². The molecule has 0 aliphatic carbocycles. The van der Waals surface area contributed by atoms with Crippen LogP contribution < -0.4 is 4.74 Å². The van der Waals surface area contributed by atoms with Crippen molar-refractivity contribution in [2.24, 2.45) is 0 Å². The molecule has 0 unspecified atom stereocenters. The fraction of sp³-hybridized carbons (Fsp3) is 0.333. The Morgan fingerprint density at radius 1 is 1.15 bits per heavy atom. The van der Waals surface area contributed by atoms with E-state index < -0.39 is 0 Å². The van der Waals surface area contributed by atoms with Crippen LogP contribution in [0.5, 0.6) is 5.75 Å². The highest BCUT2D eigenvalue weighted by molar-refractivity contribution is 6.30. The average Bonchev–Trinajstić information content (AvgIpc) is 3.34. The molecule has 2 aromatic carbocycles. The highest BCUT2D eigenvalue weighted by atomic mass is 35.5. The standard InChI is InChI=1S/C21H22ClN3O2/c1-2-26-18-11-7-15(8-12-18)19-4-3-13-25(19)14-20-23-21(24-27-20)16-5-9-17(22)10-6-16/h5-12,19H,2-4,13-14H2,1H3/t19-/m1/s1. The fourth-order valence-electron chi connectivity index (χ4n) is 3.55. The Labute approximate surface area is 163 Å². The largest absolute Gasteiger partial charge is 0.494 e. The van der Waals surface area contributed by atoms with E-state index in [1.165, 1.54) is 5.56 Å². The third-order valence-corrected chi connectivity index (χ3v) is 5.10. The highest BCUT2D eigenvalue weighted by Crippen LogP contribution is 2.34. The minimum Gasteiger partial charge on any atom is -0.494 e. The van der Waals surface area contributed by atoms with Gasteiger partial charge in [-0.2, -0.15) is 4.98 Å². The van der Waals surface area contributed by atoms with Gasteiger partial charge in [0, 0.05) is 16.6 Å². The molecule has 0 radical (unpaired) electrons. The zero-order valence-electron chi connectivity index (χ0n) is 15.3. The Morgan fingerprint density at radius 3 is 2.67 bits per heavy atom. The maximum Gasteiger partial charge on any atom is 0.241 e. The van der Waals surface area contributed by atoms with Gasteiger partial charge in [0.15, 0.2) is 0 Å². The normalized spacial score (nSPS) is 17.3. The maximum atomic E-state index is 5.94. The average molecular weight is 384 g/mol. The number of rotatable bonds is 6. The molecule has 0 bridgehead atoms. The van der Waals surface area contributed by atoms with Crippen molar-refractivity contribution in [3.8, 4) is 17.1 Å². The second-order valence-corrected chi connectivity index (χ2v) is 7.09. The summed E-state index contributed by atoms with van der Waals surface area (Å²) in [5.74, 6) is 2.14. The van der Waals surface area contributed by atoms with Crippen LogP contribution in [0.2, 0.25) is 5.02 Å². The molecule has 1 aliphatic heterocycles. The molecule has 140 valence electrons. The zero-order valence-corrected chi connectivity index (χ0v) is 16.0. The highest BCUT2D eigenvalue weighted by Gasteiger charge is 2.27. The topological polar surface area (TPSA) is 51.4 Å². The molecule has 1 atom stereocenters. The molecular weight excluding hydrogens is 362 g/mol. The van der Waals surface area contributed by atoms with Gasteiger partial charge in [-0.3, -0.25) is 4.90 Å². The minimum absolute atomic E-state index is 0.367. The lowest BCUT2D eigenvalue weighted by atomic mass is 10.0. The van der Waals surface area contributed by atoms with Crippen molar-refractivity contribution in [1.82, 2.24) is 15.0 Å². The van der Waals surface area contributed by atoms with Crippen molar-refractivity contribution in [2.75, 3.05) is 13.2 Å². The van der Waals surface area contributed by atoms with Gasteiger partial charge in [0.05, 0.1) is 13.2 Å². The van der Waals surface area contributed by atoms with Crippen LogP contribution in [0.25, 0.3) is 11.4 Å². The summed E-state index contributed by atoms with van der Waals surface area (Å²) in [6.45, 7) is 4.35. The number of halogens is 1. The van der Waals surface area contributed by atoms with Crippen LogP contribution in [0.4, 0.5) is 0 Å². The van der Waals surface area contributed by atoms with Crippen molar-refractivity contribution in [3.05, 3.63) is 65.0 Å². The van der Waals surface area contributed by atoms with Crippen LogP contribution in [0.1, 0.15) is 37.3 Å². The number of benzene rings is 2. The van der Waals surface area contributed by atoms with Crippen LogP contribution in [0.15, 0.2) is 53.1 Å². The van der Waals surface area contributed by atoms with Gasteiger partial charge in [-0.15, -0.1) is 0 Å². The van der Waals surface area contributed by atoms with Crippen molar-refractivity contribution in [3.63, 3.8) is 0 Å². The molecule has 0 amide bonds. The fourth-order valence-corrected chi connectivity index (χ4v) is 3.68. The van der Waals surface area contributed by atoms with Crippen LogP contribution >= 0.6 is 11.6 Å². The van der Waals surface area contributed by atoms with Crippen molar-refractivity contribution >= 4 is 11.6 Å². The van der Waals surface area contributed by atoms with E-state index in [2.05, 4.69) is 27.2 Å². The summed E-state index contributed by atoms with van der Waals surface area (Å²) in [6.07, 6.45) is 2.29. The third kappa shape index (κ3) is 4.15. The van der Waals surface area contributed by atoms with Gasteiger partial charge in [0.25, 0.3) is 0 Å². The quantitative estimate of drug-likeness (QED) is 0.590. The second-order valence-electron chi connectivity index (χ2n) is 6.65. The molecule has 1 aliphatic rings. The van der Waals surface area contributed by atoms with Gasteiger partial charge < -0.3 is 9.26 Å².